The average molecular weight is 322 g/mol. The van der Waals surface area contributed by atoms with Gasteiger partial charge in [0.1, 0.15) is 0 Å². The van der Waals surface area contributed by atoms with Crippen molar-refractivity contribution in [2.45, 2.75) is 65.3 Å². The van der Waals surface area contributed by atoms with Crippen LogP contribution in [0.25, 0.3) is 0 Å². The second kappa shape index (κ2) is 8.02. The van der Waals surface area contributed by atoms with E-state index in [-0.39, 0.29) is 11.4 Å². The van der Waals surface area contributed by atoms with Crippen molar-refractivity contribution in [2.75, 3.05) is 26.2 Å². The molecular formula is C18H34N4O. The van der Waals surface area contributed by atoms with E-state index in [2.05, 4.69) is 22.5 Å². The number of amides is 1. The van der Waals surface area contributed by atoms with Gasteiger partial charge in [-0.25, -0.2) is 0 Å². The molecule has 23 heavy (non-hydrogen) atoms. The first-order chi connectivity index (χ1) is 10.9. The zero-order chi connectivity index (χ0) is 16.9. The van der Waals surface area contributed by atoms with E-state index in [0.29, 0.717) is 13.0 Å². The van der Waals surface area contributed by atoms with E-state index >= 15 is 0 Å². The van der Waals surface area contributed by atoms with Crippen LogP contribution in [0.15, 0.2) is 4.99 Å². The molecule has 1 saturated carbocycles. The summed E-state index contributed by atoms with van der Waals surface area (Å²) in [7, 11) is 0. The number of aliphatic imine (C=N–C) groups is 1. The van der Waals surface area contributed by atoms with Crippen LogP contribution in [-0.2, 0) is 4.79 Å². The zero-order valence-corrected chi connectivity index (χ0v) is 15.3. The van der Waals surface area contributed by atoms with E-state index < -0.39 is 0 Å². The number of hydrogen-bond donors (Lipinski definition) is 2. The number of nitrogens with zero attached hydrogens (tertiary/aromatic N) is 2. The Kier molecular flexibility index (Phi) is 6.31. The minimum absolute atomic E-state index is 0.0761. The lowest BCUT2D eigenvalue weighted by molar-refractivity contribution is -0.122. The molecule has 1 saturated heterocycles. The zero-order valence-electron chi connectivity index (χ0n) is 15.3. The normalized spacial score (nSPS) is 25.2. The molecule has 0 aromatic rings. The summed E-state index contributed by atoms with van der Waals surface area (Å²) in [5.74, 6) is 2.76. The van der Waals surface area contributed by atoms with Crippen molar-refractivity contribution in [3.63, 3.8) is 0 Å². The van der Waals surface area contributed by atoms with Gasteiger partial charge in [0.25, 0.3) is 0 Å². The van der Waals surface area contributed by atoms with Crippen LogP contribution in [0, 0.1) is 11.8 Å². The summed E-state index contributed by atoms with van der Waals surface area (Å²) in [5, 5.41) is 6.39. The summed E-state index contributed by atoms with van der Waals surface area (Å²) < 4.78 is 0. The molecule has 1 aliphatic carbocycles. The number of carbonyl (C=O) groups excluding carboxylic acids is 1. The van der Waals surface area contributed by atoms with Gasteiger partial charge in [-0.2, -0.15) is 0 Å². The van der Waals surface area contributed by atoms with Gasteiger partial charge in [-0.3, -0.25) is 9.79 Å². The van der Waals surface area contributed by atoms with E-state index in [4.69, 9.17) is 4.99 Å². The number of hydrogen-bond acceptors (Lipinski definition) is 2. The van der Waals surface area contributed by atoms with Crippen LogP contribution >= 0.6 is 0 Å². The van der Waals surface area contributed by atoms with Crippen molar-refractivity contribution in [1.82, 2.24) is 15.5 Å². The topological polar surface area (TPSA) is 56.7 Å². The summed E-state index contributed by atoms with van der Waals surface area (Å²) in [6.07, 6.45) is 5.96. The molecule has 0 aromatic heterocycles. The number of likely N-dealkylation sites (tertiary alicyclic amines) is 1. The smallest absolute Gasteiger partial charge is 0.222 e. The van der Waals surface area contributed by atoms with Gasteiger partial charge in [0.15, 0.2) is 5.96 Å². The standard InChI is InChI=1S/C18H34N4O/c1-5-19-17(20-11-10-16(23)21-18(2,3)4)22-12-14-8-6-7-9-15(14)13-22/h14-15H,5-13H2,1-4H3,(H,19,20)(H,21,23). The fourth-order valence-corrected chi connectivity index (χ4v) is 3.75. The molecule has 2 aliphatic rings. The molecular weight excluding hydrogens is 288 g/mol. The second-order valence-corrected chi connectivity index (χ2v) is 7.99. The van der Waals surface area contributed by atoms with Crippen LogP contribution in [0.4, 0.5) is 0 Å². The first-order valence-electron chi connectivity index (χ1n) is 9.23. The average Bonchev–Trinajstić information content (AvgIpc) is 2.88. The Morgan fingerprint density at radius 2 is 1.78 bits per heavy atom. The van der Waals surface area contributed by atoms with Gasteiger partial charge in [-0.15, -0.1) is 0 Å². The largest absolute Gasteiger partial charge is 0.357 e. The molecule has 0 radical (unpaired) electrons. The summed E-state index contributed by atoms with van der Waals surface area (Å²) in [4.78, 5) is 19.0. The van der Waals surface area contributed by atoms with Crippen molar-refractivity contribution < 1.29 is 4.79 Å². The maximum absolute atomic E-state index is 11.9. The monoisotopic (exact) mass is 322 g/mol. The van der Waals surface area contributed by atoms with Crippen LogP contribution in [-0.4, -0.2) is 48.5 Å². The highest BCUT2D eigenvalue weighted by Gasteiger charge is 2.35. The Bertz CT molecular complexity index is 413. The molecule has 1 amide bonds. The lowest BCUT2D eigenvalue weighted by Gasteiger charge is -2.22. The Morgan fingerprint density at radius 1 is 1.17 bits per heavy atom. The van der Waals surface area contributed by atoms with Gasteiger partial charge in [-0.05, 0) is 52.4 Å². The molecule has 2 atom stereocenters. The molecule has 2 fully saturated rings. The molecule has 1 aliphatic heterocycles. The molecule has 2 N–H and O–H groups in total. The fourth-order valence-electron chi connectivity index (χ4n) is 3.75. The van der Waals surface area contributed by atoms with Crippen molar-refractivity contribution >= 4 is 11.9 Å². The third-order valence-corrected chi connectivity index (χ3v) is 4.73. The van der Waals surface area contributed by atoms with Crippen LogP contribution in [0.3, 0.4) is 0 Å². The predicted molar refractivity (Wildman–Crippen MR) is 95.5 cm³/mol. The predicted octanol–water partition coefficient (Wildman–Crippen LogP) is 2.38. The summed E-state index contributed by atoms with van der Waals surface area (Å²) in [5.41, 5.74) is -0.171. The molecule has 2 unspecified atom stereocenters. The Hall–Kier alpha value is -1.26. The maximum Gasteiger partial charge on any atom is 0.222 e. The number of guanidine groups is 1. The van der Waals surface area contributed by atoms with Gasteiger partial charge in [-0.1, -0.05) is 12.8 Å². The second-order valence-electron chi connectivity index (χ2n) is 7.99. The van der Waals surface area contributed by atoms with E-state index in [1.165, 1.54) is 25.7 Å². The lowest BCUT2D eigenvalue weighted by Crippen LogP contribution is -2.42. The van der Waals surface area contributed by atoms with E-state index in [9.17, 15) is 4.79 Å². The molecule has 5 heteroatoms. The minimum atomic E-state index is -0.171. The summed E-state index contributed by atoms with van der Waals surface area (Å²) >= 11 is 0. The van der Waals surface area contributed by atoms with Crippen LogP contribution < -0.4 is 10.6 Å². The molecule has 0 spiro atoms. The first kappa shape index (κ1) is 18.1. The summed E-state index contributed by atoms with van der Waals surface area (Å²) in [6, 6.07) is 0. The van der Waals surface area contributed by atoms with E-state index in [1.54, 1.807) is 0 Å². The lowest BCUT2D eigenvalue weighted by atomic mass is 9.82. The van der Waals surface area contributed by atoms with Gasteiger partial charge < -0.3 is 15.5 Å². The number of fused-ring (bicyclic) bond motifs is 1. The van der Waals surface area contributed by atoms with Crippen molar-refractivity contribution in [3.8, 4) is 0 Å². The molecule has 132 valence electrons. The highest BCUT2D eigenvalue weighted by molar-refractivity contribution is 5.81. The van der Waals surface area contributed by atoms with Crippen molar-refractivity contribution in [3.05, 3.63) is 0 Å². The summed E-state index contributed by atoms with van der Waals surface area (Å²) in [6.45, 7) is 11.8. The molecule has 1 heterocycles. The van der Waals surface area contributed by atoms with Crippen molar-refractivity contribution in [2.24, 2.45) is 16.8 Å². The maximum atomic E-state index is 11.9. The quantitative estimate of drug-likeness (QED) is 0.617. The third kappa shape index (κ3) is 5.70. The number of carbonyl (C=O) groups is 1. The number of rotatable bonds is 4. The van der Waals surface area contributed by atoms with Crippen LogP contribution in [0.1, 0.15) is 59.8 Å². The SMILES string of the molecule is CCNC(=NCCC(=O)NC(C)(C)C)N1CC2CCCCC2C1. The highest BCUT2D eigenvalue weighted by atomic mass is 16.1. The molecule has 5 nitrogen and oxygen atoms in total. The number of nitrogens with one attached hydrogen (secondary N) is 2. The Balaban J connectivity index is 1.86. The minimum Gasteiger partial charge on any atom is -0.357 e. The van der Waals surface area contributed by atoms with Crippen LogP contribution in [0.2, 0.25) is 0 Å². The molecule has 2 rings (SSSR count). The van der Waals surface area contributed by atoms with E-state index in [0.717, 1.165) is 37.4 Å². The fraction of sp³-hybridized carbons (Fsp3) is 0.889. The van der Waals surface area contributed by atoms with Crippen LogP contribution in [0.5, 0.6) is 0 Å². The van der Waals surface area contributed by atoms with Gasteiger partial charge in [0.2, 0.25) is 5.91 Å². The third-order valence-electron chi connectivity index (χ3n) is 4.73. The molecule has 0 bridgehead atoms. The molecule has 0 aromatic carbocycles. The van der Waals surface area contributed by atoms with Crippen molar-refractivity contribution in [1.29, 1.82) is 0 Å². The first-order valence-corrected chi connectivity index (χ1v) is 9.23. The van der Waals surface area contributed by atoms with E-state index in [1.807, 2.05) is 20.8 Å². The van der Waals surface area contributed by atoms with Gasteiger partial charge in [0, 0.05) is 31.6 Å². The Labute approximate surface area is 141 Å². The van der Waals surface area contributed by atoms with Gasteiger partial charge in [0.05, 0.1) is 6.54 Å². The highest BCUT2D eigenvalue weighted by Crippen LogP contribution is 2.35. The van der Waals surface area contributed by atoms with Gasteiger partial charge >= 0.3 is 0 Å². The Morgan fingerprint density at radius 3 is 2.30 bits per heavy atom.